The van der Waals surface area contributed by atoms with Gasteiger partial charge in [-0.1, -0.05) is 40.6 Å². The SMILES string of the molecule is Cc1ccc(C(=O)/N=c2\sc3ccc(Cl)cc3n2CC(=O)O)cc1. The summed E-state index contributed by atoms with van der Waals surface area (Å²) in [5.74, 6) is -1.43. The molecule has 0 saturated heterocycles. The molecule has 122 valence electrons. The van der Waals surface area contributed by atoms with E-state index in [1.807, 2.05) is 19.1 Å². The van der Waals surface area contributed by atoms with Crippen LogP contribution in [0.2, 0.25) is 5.02 Å². The van der Waals surface area contributed by atoms with Gasteiger partial charge in [0.1, 0.15) is 6.54 Å². The van der Waals surface area contributed by atoms with Crippen molar-refractivity contribution >= 4 is 45.0 Å². The molecule has 1 heterocycles. The number of benzene rings is 2. The quantitative estimate of drug-likeness (QED) is 0.777. The van der Waals surface area contributed by atoms with Gasteiger partial charge in [0.15, 0.2) is 4.80 Å². The molecular weight excluding hydrogens is 348 g/mol. The van der Waals surface area contributed by atoms with E-state index in [2.05, 4.69) is 4.99 Å². The van der Waals surface area contributed by atoms with Crippen LogP contribution in [0.5, 0.6) is 0 Å². The highest BCUT2D eigenvalue weighted by Crippen LogP contribution is 2.21. The Labute approximate surface area is 146 Å². The number of aryl methyl sites for hydroxylation is 1. The van der Waals surface area contributed by atoms with Gasteiger partial charge in [-0.3, -0.25) is 9.59 Å². The molecule has 0 spiro atoms. The van der Waals surface area contributed by atoms with Gasteiger partial charge in [-0.25, -0.2) is 0 Å². The van der Waals surface area contributed by atoms with Gasteiger partial charge in [0.05, 0.1) is 10.2 Å². The fraction of sp³-hybridized carbons (Fsp3) is 0.118. The fourth-order valence-electron chi connectivity index (χ4n) is 2.26. The van der Waals surface area contributed by atoms with Crippen molar-refractivity contribution in [2.24, 2.45) is 4.99 Å². The lowest BCUT2D eigenvalue weighted by atomic mass is 10.1. The second-order valence-corrected chi connectivity index (χ2v) is 6.71. The molecule has 0 aliphatic heterocycles. The minimum atomic E-state index is -1.01. The van der Waals surface area contributed by atoms with E-state index in [1.54, 1.807) is 30.3 Å². The topological polar surface area (TPSA) is 71.7 Å². The lowest BCUT2D eigenvalue weighted by Gasteiger charge is -2.01. The molecule has 2 aromatic carbocycles. The normalized spacial score (nSPS) is 11.8. The van der Waals surface area contributed by atoms with Crippen LogP contribution in [-0.4, -0.2) is 21.6 Å². The molecule has 0 unspecified atom stereocenters. The molecule has 0 bridgehead atoms. The number of aliphatic carboxylic acids is 1. The van der Waals surface area contributed by atoms with Crippen LogP contribution in [0.4, 0.5) is 0 Å². The number of rotatable bonds is 3. The number of hydrogen-bond donors (Lipinski definition) is 1. The minimum absolute atomic E-state index is 0.291. The van der Waals surface area contributed by atoms with Crippen molar-refractivity contribution in [3.05, 3.63) is 63.4 Å². The highest BCUT2D eigenvalue weighted by molar-refractivity contribution is 7.16. The third-order valence-corrected chi connectivity index (χ3v) is 4.73. The third-order valence-electron chi connectivity index (χ3n) is 3.43. The number of carboxylic acid groups (broad SMARTS) is 1. The van der Waals surface area contributed by atoms with Crippen molar-refractivity contribution in [1.82, 2.24) is 4.57 Å². The summed E-state index contributed by atoms with van der Waals surface area (Å²) in [6.07, 6.45) is 0. The van der Waals surface area contributed by atoms with Crippen molar-refractivity contribution in [2.75, 3.05) is 0 Å². The molecule has 1 aromatic heterocycles. The van der Waals surface area contributed by atoms with Gasteiger partial charge in [-0.05, 0) is 37.3 Å². The standard InChI is InChI=1S/C17H13ClN2O3S/c1-10-2-4-11(5-3-10)16(23)19-17-20(9-15(21)22)13-8-12(18)6-7-14(13)24-17/h2-8H,9H2,1H3,(H,21,22)/b19-17-. The first-order valence-electron chi connectivity index (χ1n) is 7.10. The summed E-state index contributed by atoms with van der Waals surface area (Å²) >= 11 is 7.25. The molecule has 3 aromatic rings. The predicted molar refractivity (Wildman–Crippen MR) is 93.5 cm³/mol. The van der Waals surface area contributed by atoms with E-state index < -0.39 is 11.9 Å². The van der Waals surface area contributed by atoms with E-state index in [0.717, 1.165) is 10.3 Å². The van der Waals surface area contributed by atoms with Gasteiger partial charge in [-0.2, -0.15) is 4.99 Å². The number of hydrogen-bond acceptors (Lipinski definition) is 3. The van der Waals surface area contributed by atoms with E-state index in [9.17, 15) is 9.59 Å². The summed E-state index contributed by atoms with van der Waals surface area (Å²) in [6, 6.07) is 12.2. The Morgan fingerprint density at radius 2 is 1.92 bits per heavy atom. The molecule has 0 atom stereocenters. The van der Waals surface area contributed by atoms with Crippen LogP contribution in [0, 0.1) is 6.92 Å². The van der Waals surface area contributed by atoms with Crippen LogP contribution >= 0.6 is 22.9 Å². The number of amides is 1. The van der Waals surface area contributed by atoms with E-state index in [-0.39, 0.29) is 6.54 Å². The Balaban J connectivity index is 2.15. The number of carbonyl (C=O) groups is 2. The molecule has 0 aliphatic carbocycles. The summed E-state index contributed by atoms with van der Waals surface area (Å²) in [5, 5.41) is 9.64. The number of halogens is 1. The lowest BCUT2D eigenvalue weighted by Crippen LogP contribution is -2.21. The summed E-state index contributed by atoms with van der Waals surface area (Å²) in [7, 11) is 0. The largest absolute Gasteiger partial charge is 0.480 e. The van der Waals surface area contributed by atoms with Gasteiger partial charge < -0.3 is 9.67 Å². The summed E-state index contributed by atoms with van der Waals surface area (Å²) < 4.78 is 2.30. The van der Waals surface area contributed by atoms with Crippen LogP contribution in [0.25, 0.3) is 10.2 Å². The monoisotopic (exact) mass is 360 g/mol. The smallest absolute Gasteiger partial charge is 0.323 e. The number of fused-ring (bicyclic) bond motifs is 1. The van der Waals surface area contributed by atoms with Crippen LogP contribution in [0.1, 0.15) is 15.9 Å². The molecule has 24 heavy (non-hydrogen) atoms. The number of nitrogens with zero attached hydrogens (tertiary/aromatic N) is 2. The van der Waals surface area contributed by atoms with Gasteiger partial charge in [0, 0.05) is 10.6 Å². The van der Waals surface area contributed by atoms with Crippen molar-refractivity contribution < 1.29 is 14.7 Å². The average Bonchev–Trinajstić information content (AvgIpc) is 2.84. The fourth-order valence-corrected chi connectivity index (χ4v) is 3.44. The van der Waals surface area contributed by atoms with Gasteiger partial charge in [0.2, 0.25) is 0 Å². The average molecular weight is 361 g/mol. The Morgan fingerprint density at radius 3 is 2.58 bits per heavy atom. The van der Waals surface area contributed by atoms with Crippen LogP contribution in [0.15, 0.2) is 47.5 Å². The minimum Gasteiger partial charge on any atom is -0.480 e. The zero-order valence-electron chi connectivity index (χ0n) is 12.7. The summed E-state index contributed by atoms with van der Waals surface area (Å²) in [6.45, 7) is 1.64. The second kappa shape index (κ2) is 6.59. The number of thiazole rings is 1. The third kappa shape index (κ3) is 3.39. The van der Waals surface area contributed by atoms with Gasteiger partial charge >= 0.3 is 5.97 Å². The molecule has 3 rings (SSSR count). The maximum atomic E-state index is 12.4. The first-order valence-corrected chi connectivity index (χ1v) is 8.30. The van der Waals surface area contributed by atoms with Crippen molar-refractivity contribution in [3.63, 3.8) is 0 Å². The maximum Gasteiger partial charge on any atom is 0.323 e. The molecule has 0 radical (unpaired) electrons. The van der Waals surface area contributed by atoms with E-state index in [0.29, 0.717) is 20.9 Å². The van der Waals surface area contributed by atoms with E-state index >= 15 is 0 Å². The number of aromatic nitrogens is 1. The number of carboxylic acids is 1. The Hall–Kier alpha value is -2.44. The molecule has 1 N–H and O–H groups in total. The van der Waals surface area contributed by atoms with Crippen LogP contribution < -0.4 is 4.80 Å². The highest BCUT2D eigenvalue weighted by Gasteiger charge is 2.12. The zero-order chi connectivity index (χ0) is 17.3. The zero-order valence-corrected chi connectivity index (χ0v) is 14.3. The second-order valence-electron chi connectivity index (χ2n) is 5.26. The molecule has 1 amide bonds. The predicted octanol–water partition coefficient (Wildman–Crippen LogP) is 3.49. The molecule has 0 fully saturated rings. The van der Waals surface area contributed by atoms with E-state index in [4.69, 9.17) is 16.7 Å². The first kappa shape index (κ1) is 16.4. The van der Waals surface area contributed by atoms with Crippen molar-refractivity contribution in [1.29, 1.82) is 0 Å². The molecule has 0 aliphatic rings. The Kier molecular flexibility index (Phi) is 4.51. The Bertz CT molecular complexity index is 1000. The lowest BCUT2D eigenvalue weighted by molar-refractivity contribution is -0.137. The molecular formula is C17H13ClN2O3S. The maximum absolute atomic E-state index is 12.4. The molecule has 7 heteroatoms. The van der Waals surface area contributed by atoms with Crippen LogP contribution in [0.3, 0.4) is 0 Å². The number of carbonyl (C=O) groups excluding carboxylic acids is 1. The summed E-state index contributed by atoms with van der Waals surface area (Å²) in [5.41, 5.74) is 2.15. The highest BCUT2D eigenvalue weighted by atomic mass is 35.5. The van der Waals surface area contributed by atoms with Crippen molar-refractivity contribution in [2.45, 2.75) is 13.5 Å². The molecule has 5 nitrogen and oxygen atoms in total. The summed E-state index contributed by atoms with van der Waals surface area (Å²) in [4.78, 5) is 28.0. The van der Waals surface area contributed by atoms with E-state index in [1.165, 1.54) is 15.9 Å². The van der Waals surface area contributed by atoms with Gasteiger partial charge in [0.25, 0.3) is 5.91 Å². The molecule has 0 saturated carbocycles. The first-order chi connectivity index (χ1) is 11.4. The van der Waals surface area contributed by atoms with Crippen molar-refractivity contribution in [3.8, 4) is 0 Å². The van der Waals surface area contributed by atoms with Crippen LogP contribution in [-0.2, 0) is 11.3 Å². The Morgan fingerprint density at radius 1 is 1.21 bits per heavy atom. The van der Waals surface area contributed by atoms with Gasteiger partial charge in [-0.15, -0.1) is 0 Å².